The number of nitrogens with zero attached hydrogens (tertiary/aromatic N) is 3. The van der Waals surface area contributed by atoms with Gasteiger partial charge in [0.05, 0.1) is 11.7 Å². The van der Waals surface area contributed by atoms with E-state index in [1.165, 1.54) is 0 Å². The molecule has 2 aromatic heterocycles. The maximum Gasteiger partial charge on any atom is 0.139 e. The highest BCUT2D eigenvalue weighted by atomic mass is 16.5. The maximum atomic E-state index is 5.23. The van der Waals surface area contributed by atoms with Crippen LogP contribution in [0.5, 0.6) is 0 Å². The second kappa shape index (κ2) is 6.11. The minimum absolute atomic E-state index is 0.0656. The van der Waals surface area contributed by atoms with Crippen molar-refractivity contribution in [3.63, 3.8) is 0 Å². The molecule has 2 N–H and O–H groups in total. The van der Waals surface area contributed by atoms with E-state index >= 15 is 0 Å². The quantitative estimate of drug-likeness (QED) is 0.878. The van der Waals surface area contributed by atoms with Gasteiger partial charge >= 0.3 is 0 Å². The smallest absolute Gasteiger partial charge is 0.139 e. The number of rotatable bonds is 5. The van der Waals surface area contributed by atoms with Crippen LogP contribution in [0.4, 0.5) is 11.6 Å². The Morgan fingerprint density at radius 2 is 1.76 bits per heavy atom. The van der Waals surface area contributed by atoms with E-state index in [-0.39, 0.29) is 12.0 Å². The van der Waals surface area contributed by atoms with E-state index in [1.807, 2.05) is 27.0 Å². The summed E-state index contributed by atoms with van der Waals surface area (Å²) in [7, 11) is 1.86. The van der Waals surface area contributed by atoms with Crippen LogP contribution >= 0.6 is 0 Å². The van der Waals surface area contributed by atoms with Gasteiger partial charge in [-0.05, 0) is 20.8 Å². The molecule has 0 spiro atoms. The second-order valence-corrected chi connectivity index (χ2v) is 5.51. The van der Waals surface area contributed by atoms with Crippen LogP contribution in [0.25, 0.3) is 0 Å². The monoisotopic (exact) mass is 289 g/mol. The third kappa shape index (κ3) is 3.32. The van der Waals surface area contributed by atoms with Crippen LogP contribution in [0.1, 0.15) is 55.6 Å². The number of aromatic nitrogens is 3. The molecule has 1 unspecified atom stereocenters. The highest BCUT2D eigenvalue weighted by molar-refractivity contribution is 5.49. The van der Waals surface area contributed by atoms with Crippen LogP contribution < -0.4 is 10.6 Å². The molecule has 0 aliphatic carbocycles. The van der Waals surface area contributed by atoms with Gasteiger partial charge in [-0.25, -0.2) is 9.97 Å². The van der Waals surface area contributed by atoms with Crippen molar-refractivity contribution in [2.45, 2.75) is 46.6 Å². The average Bonchev–Trinajstić information content (AvgIpc) is 2.77. The molecule has 0 aliphatic heterocycles. The molecule has 0 fully saturated rings. The number of hydrogen-bond donors (Lipinski definition) is 2. The van der Waals surface area contributed by atoms with Gasteiger partial charge in [0.25, 0.3) is 0 Å². The lowest BCUT2D eigenvalue weighted by Crippen LogP contribution is -2.12. The van der Waals surface area contributed by atoms with Crippen LogP contribution in [0.3, 0.4) is 0 Å². The van der Waals surface area contributed by atoms with Crippen molar-refractivity contribution in [3.05, 3.63) is 28.9 Å². The van der Waals surface area contributed by atoms with Crippen molar-refractivity contribution in [2.24, 2.45) is 0 Å². The molecular weight excluding hydrogens is 266 g/mol. The van der Waals surface area contributed by atoms with Crippen LogP contribution in [0, 0.1) is 13.8 Å². The zero-order valence-corrected chi connectivity index (χ0v) is 13.5. The van der Waals surface area contributed by atoms with Crippen molar-refractivity contribution in [3.8, 4) is 0 Å². The molecule has 0 aliphatic rings. The molecule has 0 saturated heterocycles. The van der Waals surface area contributed by atoms with Crippen LogP contribution in [-0.2, 0) is 0 Å². The summed E-state index contributed by atoms with van der Waals surface area (Å²) in [5, 5.41) is 10.5. The third-order valence-electron chi connectivity index (χ3n) is 3.40. The first-order valence-electron chi connectivity index (χ1n) is 7.18. The first-order valence-corrected chi connectivity index (χ1v) is 7.18. The Kier molecular flexibility index (Phi) is 4.45. The molecule has 0 aromatic carbocycles. The topological polar surface area (TPSA) is 75.9 Å². The van der Waals surface area contributed by atoms with Gasteiger partial charge in [-0.1, -0.05) is 19.0 Å². The first-order chi connectivity index (χ1) is 9.92. The van der Waals surface area contributed by atoms with E-state index in [0.29, 0.717) is 0 Å². The van der Waals surface area contributed by atoms with Gasteiger partial charge < -0.3 is 15.2 Å². The Bertz CT molecular complexity index is 601. The number of hydrogen-bond acceptors (Lipinski definition) is 6. The largest absolute Gasteiger partial charge is 0.373 e. The van der Waals surface area contributed by atoms with Crippen molar-refractivity contribution >= 4 is 11.6 Å². The molecule has 2 heterocycles. The van der Waals surface area contributed by atoms with E-state index in [4.69, 9.17) is 4.52 Å². The van der Waals surface area contributed by atoms with Crippen molar-refractivity contribution < 1.29 is 4.52 Å². The van der Waals surface area contributed by atoms with Gasteiger partial charge in [0.2, 0.25) is 0 Å². The number of nitrogens with one attached hydrogen (secondary N) is 2. The molecular formula is C15H23N5O. The highest BCUT2D eigenvalue weighted by Gasteiger charge is 2.17. The standard InChI is InChI=1S/C15H23N5O/c1-8(2)15-18-12(16-6)7-13(19-15)17-9(3)14-10(4)20-21-11(14)5/h7-9H,1-6H3,(H2,16,17,18,19). The first kappa shape index (κ1) is 15.3. The Morgan fingerprint density at radius 3 is 2.29 bits per heavy atom. The minimum atomic E-state index is 0.0656. The Morgan fingerprint density at radius 1 is 1.10 bits per heavy atom. The van der Waals surface area contributed by atoms with Crippen LogP contribution in [0.2, 0.25) is 0 Å². The van der Waals surface area contributed by atoms with Crippen molar-refractivity contribution in [2.75, 3.05) is 17.7 Å². The van der Waals surface area contributed by atoms with Crippen LogP contribution in [0.15, 0.2) is 10.6 Å². The second-order valence-electron chi connectivity index (χ2n) is 5.51. The molecule has 2 rings (SSSR count). The van der Waals surface area contributed by atoms with E-state index < -0.39 is 0 Å². The summed E-state index contributed by atoms with van der Waals surface area (Å²) in [5.41, 5.74) is 1.98. The zero-order valence-electron chi connectivity index (χ0n) is 13.5. The predicted octanol–water partition coefficient (Wildman–Crippen LogP) is 3.42. The molecule has 0 amide bonds. The van der Waals surface area contributed by atoms with E-state index in [0.717, 1.165) is 34.5 Å². The fourth-order valence-corrected chi connectivity index (χ4v) is 2.33. The summed E-state index contributed by atoms with van der Waals surface area (Å²) < 4.78 is 5.23. The lowest BCUT2D eigenvalue weighted by Gasteiger charge is -2.16. The molecule has 21 heavy (non-hydrogen) atoms. The molecule has 114 valence electrons. The molecule has 0 radical (unpaired) electrons. The lowest BCUT2D eigenvalue weighted by molar-refractivity contribution is 0.392. The predicted molar refractivity (Wildman–Crippen MR) is 83.7 cm³/mol. The Labute approximate surface area is 125 Å². The Balaban J connectivity index is 2.28. The average molecular weight is 289 g/mol. The summed E-state index contributed by atoms with van der Waals surface area (Å²) in [6.07, 6.45) is 0. The summed E-state index contributed by atoms with van der Waals surface area (Å²) in [5.74, 6) is 3.52. The molecule has 0 bridgehead atoms. The van der Waals surface area contributed by atoms with Gasteiger partial charge in [-0.15, -0.1) is 0 Å². The maximum absolute atomic E-state index is 5.23. The molecule has 6 heteroatoms. The van der Waals surface area contributed by atoms with Gasteiger partial charge in [0.1, 0.15) is 23.2 Å². The third-order valence-corrected chi connectivity index (χ3v) is 3.40. The van der Waals surface area contributed by atoms with E-state index in [2.05, 4.69) is 46.5 Å². The SMILES string of the molecule is CNc1cc(NC(C)c2c(C)noc2C)nc(C(C)C)n1. The normalized spacial score (nSPS) is 12.5. The number of anilines is 2. The molecule has 6 nitrogen and oxygen atoms in total. The summed E-state index contributed by atoms with van der Waals surface area (Å²) in [4.78, 5) is 9.04. The highest BCUT2D eigenvalue weighted by Crippen LogP contribution is 2.25. The van der Waals surface area contributed by atoms with Gasteiger partial charge in [-0.3, -0.25) is 0 Å². The summed E-state index contributed by atoms with van der Waals surface area (Å²) in [6.45, 7) is 10.1. The van der Waals surface area contributed by atoms with Gasteiger partial charge in [-0.2, -0.15) is 0 Å². The Hall–Kier alpha value is -2.11. The molecule has 2 aromatic rings. The minimum Gasteiger partial charge on any atom is -0.373 e. The van der Waals surface area contributed by atoms with E-state index in [1.54, 1.807) is 0 Å². The fourth-order valence-electron chi connectivity index (χ4n) is 2.33. The number of aryl methyl sites for hydroxylation is 2. The lowest BCUT2D eigenvalue weighted by atomic mass is 10.1. The van der Waals surface area contributed by atoms with Crippen molar-refractivity contribution in [1.29, 1.82) is 0 Å². The fraction of sp³-hybridized carbons (Fsp3) is 0.533. The molecule has 1 atom stereocenters. The van der Waals surface area contributed by atoms with E-state index in [9.17, 15) is 0 Å². The van der Waals surface area contributed by atoms with Gasteiger partial charge in [0.15, 0.2) is 0 Å². The molecule has 0 saturated carbocycles. The van der Waals surface area contributed by atoms with Crippen molar-refractivity contribution in [1.82, 2.24) is 15.1 Å². The zero-order chi connectivity index (χ0) is 15.6. The van der Waals surface area contributed by atoms with Gasteiger partial charge in [0, 0.05) is 24.6 Å². The summed E-state index contributed by atoms with van der Waals surface area (Å²) >= 11 is 0. The summed E-state index contributed by atoms with van der Waals surface area (Å²) in [6, 6.07) is 1.97. The van der Waals surface area contributed by atoms with Crippen LogP contribution in [-0.4, -0.2) is 22.2 Å².